The van der Waals surface area contributed by atoms with Crippen molar-refractivity contribution in [1.29, 1.82) is 0 Å². The van der Waals surface area contributed by atoms with Gasteiger partial charge in [-0.3, -0.25) is 9.69 Å². The number of carbonyl (C=O) groups excluding carboxylic acids is 1. The first kappa shape index (κ1) is 19.0. The van der Waals surface area contributed by atoms with Crippen LogP contribution in [0.3, 0.4) is 0 Å². The Labute approximate surface area is 152 Å². The summed E-state index contributed by atoms with van der Waals surface area (Å²) in [6, 6.07) is 5.81. The minimum atomic E-state index is -4.18. The zero-order chi connectivity index (χ0) is 18.7. The van der Waals surface area contributed by atoms with Gasteiger partial charge in [-0.05, 0) is 62.9 Å². The number of likely N-dealkylation sites (tertiary alicyclic amines) is 1. The van der Waals surface area contributed by atoms with E-state index in [1.807, 2.05) is 25.1 Å². The van der Waals surface area contributed by atoms with Gasteiger partial charge in [0.1, 0.15) is 0 Å². The molecule has 3 rings (SSSR count). The smallest absolute Gasteiger partial charge is 0.371 e. The Morgan fingerprint density at radius 3 is 2.58 bits per heavy atom. The Morgan fingerprint density at radius 2 is 1.92 bits per heavy atom. The zero-order valence-electron chi connectivity index (χ0n) is 15.1. The molecule has 0 aromatic heterocycles. The van der Waals surface area contributed by atoms with Gasteiger partial charge in [-0.1, -0.05) is 0 Å². The van der Waals surface area contributed by atoms with Crippen LogP contribution in [-0.2, 0) is 4.79 Å². The summed E-state index contributed by atoms with van der Waals surface area (Å²) in [6.45, 7) is 4.57. The maximum Gasteiger partial charge on any atom is 0.393 e. The molecule has 1 atom stereocenters. The third-order valence-electron chi connectivity index (χ3n) is 5.26. The van der Waals surface area contributed by atoms with Crippen LogP contribution in [0.15, 0.2) is 18.2 Å². The van der Waals surface area contributed by atoms with Crippen LogP contribution in [0.25, 0.3) is 0 Å². The summed E-state index contributed by atoms with van der Waals surface area (Å²) in [5, 5.41) is 2.82. The largest absolute Gasteiger partial charge is 0.393 e. The number of hydrogen-bond donors (Lipinski definition) is 1. The van der Waals surface area contributed by atoms with Crippen LogP contribution < -0.4 is 10.2 Å². The Morgan fingerprint density at radius 1 is 1.19 bits per heavy atom. The SMILES string of the molecule is Cc1cc(NC(=O)CN2CCCC(C(F)(F)F)C2)ccc1N1CCCC1. The van der Waals surface area contributed by atoms with Gasteiger partial charge in [0.2, 0.25) is 5.91 Å². The van der Waals surface area contributed by atoms with Crippen molar-refractivity contribution in [3.63, 3.8) is 0 Å². The topological polar surface area (TPSA) is 35.6 Å². The van der Waals surface area contributed by atoms with Crippen LogP contribution in [0, 0.1) is 12.8 Å². The van der Waals surface area contributed by atoms with E-state index in [0.29, 0.717) is 18.7 Å². The molecule has 1 amide bonds. The van der Waals surface area contributed by atoms with Crippen LogP contribution in [-0.4, -0.2) is 49.7 Å². The quantitative estimate of drug-likeness (QED) is 0.877. The van der Waals surface area contributed by atoms with Gasteiger partial charge in [0.25, 0.3) is 0 Å². The molecular weight excluding hydrogens is 343 g/mol. The van der Waals surface area contributed by atoms with E-state index in [9.17, 15) is 18.0 Å². The first-order chi connectivity index (χ1) is 12.3. The van der Waals surface area contributed by atoms with Gasteiger partial charge in [-0.25, -0.2) is 0 Å². The van der Waals surface area contributed by atoms with Gasteiger partial charge in [0.05, 0.1) is 12.5 Å². The molecule has 0 aliphatic carbocycles. The molecule has 2 fully saturated rings. The molecule has 4 nitrogen and oxygen atoms in total. The fourth-order valence-corrected chi connectivity index (χ4v) is 3.92. The van der Waals surface area contributed by atoms with Crippen molar-refractivity contribution in [1.82, 2.24) is 4.90 Å². The summed E-state index contributed by atoms with van der Waals surface area (Å²) in [4.78, 5) is 16.2. The fraction of sp³-hybridized carbons (Fsp3) is 0.632. The highest BCUT2D eigenvalue weighted by molar-refractivity contribution is 5.92. The molecule has 0 spiro atoms. The van der Waals surface area contributed by atoms with E-state index in [1.165, 1.54) is 18.5 Å². The van der Waals surface area contributed by atoms with E-state index in [4.69, 9.17) is 0 Å². The van der Waals surface area contributed by atoms with Crippen molar-refractivity contribution < 1.29 is 18.0 Å². The predicted molar refractivity (Wildman–Crippen MR) is 96.5 cm³/mol. The molecule has 26 heavy (non-hydrogen) atoms. The molecule has 0 radical (unpaired) electrons. The number of hydrogen-bond acceptors (Lipinski definition) is 3. The zero-order valence-corrected chi connectivity index (χ0v) is 15.1. The van der Waals surface area contributed by atoms with E-state index < -0.39 is 12.1 Å². The number of anilines is 2. The normalized spacial score (nSPS) is 21.8. The molecule has 7 heteroatoms. The lowest BCUT2D eigenvalue weighted by Crippen LogP contribution is -2.44. The molecular formula is C19H26F3N3O. The highest BCUT2D eigenvalue weighted by Crippen LogP contribution is 2.33. The molecule has 1 aromatic carbocycles. The highest BCUT2D eigenvalue weighted by atomic mass is 19.4. The maximum absolute atomic E-state index is 12.9. The average molecular weight is 369 g/mol. The van der Waals surface area contributed by atoms with E-state index in [2.05, 4.69) is 10.2 Å². The van der Waals surface area contributed by atoms with Crippen molar-refractivity contribution in [3.8, 4) is 0 Å². The second-order valence-corrected chi connectivity index (χ2v) is 7.36. The summed E-state index contributed by atoms with van der Waals surface area (Å²) in [6.07, 6.45) is -1.16. The Kier molecular flexibility index (Phi) is 5.75. The molecule has 2 saturated heterocycles. The van der Waals surface area contributed by atoms with Crippen LogP contribution in [0.1, 0.15) is 31.2 Å². The predicted octanol–water partition coefficient (Wildman–Crippen LogP) is 3.81. The molecule has 144 valence electrons. The number of alkyl halides is 3. The number of benzene rings is 1. The Hall–Kier alpha value is -1.76. The lowest BCUT2D eigenvalue weighted by atomic mass is 9.97. The summed E-state index contributed by atoms with van der Waals surface area (Å²) in [7, 11) is 0. The highest BCUT2D eigenvalue weighted by Gasteiger charge is 2.41. The Bertz CT molecular complexity index is 641. The van der Waals surface area contributed by atoms with E-state index >= 15 is 0 Å². The number of nitrogens with zero attached hydrogens (tertiary/aromatic N) is 2. The number of aryl methyl sites for hydroxylation is 1. The summed E-state index contributed by atoms with van der Waals surface area (Å²) >= 11 is 0. The van der Waals surface area contributed by atoms with Gasteiger partial charge < -0.3 is 10.2 Å². The van der Waals surface area contributed by atoms with Crippen LogP contribution in [0.5, 0.6) is 0 Å². The summed E-state index contributed by atoms with van der Waals surface area (Å²) < 4.78 is 38.6. The van der Waals surface area contributed by atoms with Crippen LogP contribution in [0.2, 0.25) is 0 Å². The second kappa shape index (κ2) is 7.86. The van der Waals surface area contributed by atoms with E-state index in [-0.39, 0.29) is 25.4 Å². The summed E-state index contributed by atoms with van der Waals surface area (Å²) in [5.41, 5.74) is 2.98. The lowest BCUT2D eigenvalue weighted by Gasteiger charge is -2.33. The number of halogens is 3. The van der Waals surface area contributed by atoms with Crippen molar-refractivity contribution >= 4 is 17.3 Å². The van der Waals surface area contributed by atoms with Gasteiger partial charge in [0, 0.05) is 31.0 Å². The lowest BCUT2D eigenvalue weighted by molar-refractivity contribution is -0.186. The third-order valence-corrected chi connectivity index (χ3v) is 5.26. The molecule has 2 aliphatic heterocycles. The number of amides is 1. The van der Waals surface area contributed by atoms with Crippen molar-refractivity contribution in [2.45, 2.75) is 38.8 Å². The molecule has 1 N–H and O–H groups in total. The van der Waals surface area contributed by atoms with Gasteiger partial charge >= 0.3 is 6.18 Å². The van der Waals surface area contributed by atoms with Crippen molar-refractivity contribution in [3.05, 3.63) is 23.8 Å². The number of carbonyl (C=O) groups is 1. The monoisotopic (exact) mass is 369 g/mol. The Balaban J connectivity index is 1.55. The first-order valence-corrected chi connectivity index (χ1v) is 9.27. The maximum atomic E-state index is 12.9. The first-order valence-electron chi connectivity index (χ1n) is 9.27. The van der Waals surface area contributed by atoms with E-state index in [0.717, 1.165) is 18.7 Å². The molecule has 0 bridgehead atoms. The van der Waals surface area contributed by atoms with Gasteiger partial charge in [-0.15, -0.1) is 0 Å². The van der Waals surface area contributed by atoms with Crippen molar-refractivity contribution in [2.75, 3.05) is 42.9 Å². The second-order valence-electron chi connectivity index (χ2n) is 7.36. The number of rotatable bonds is 4. The van der Waals surface area contributed by atoms with Gasteiger partial charge in [0.15, 0.2) is 0 Å². The van der Waals surface area contributed by atoms with Crippen LogP contribution >= 0.6 is 0 Å². The van der Waals surface area contributed by atoms with Gasteiger partial charge in [-0.2, -0.15) is 13.2 Å². The average Bonchev–Trinajstić information content (AvgIpc) is 3.08. The van der Waals surface area contributed by atoms with Crippen LogP contribution in [0.4, 0.5) is 24.5 Å². The third kappa shape index (κ3) is 4.69. The molecule has 1 aromatic rings. The molecule has 1 unspecified atom stereocenters. The van der Waals surface area contributed by atoms with Crippen molar-refractivity contribution in [2.24, 2.45) is 5.92 Å². The number of nitrogens with one attached hydrogen (secondary N) is 1. The number of piperidine rings is 1. The molecule has 2 aliphatic rings. The fourth-order valence-electron chi connectivity index (χ4n) is 3.92. The minimum Gasteiger partial charge on any atom is -0.371 e. The minimum absolute atomic E-state index is 0.000492. The summed E-state index contributed by atoms with van der Waals surface area (Å²) in [5.74, 6) is -1.59. The molecule has 0 saturated carbocycles. The van der Waals surface area contributed by atoms with E-state index in [1.54, 1.807) is 4.90 Å². The molecule has 2 heterocycles. The standard InChI is InChI=1S/C19H26F3N3O/c1-14-11-16(6-7-17(14)25-9-2-3-10-25)23-18(26)13-24-8-4-5-15(12-24)19(20,21)22/h6-7,11,15H,2-5,8-10,12-13H2,1H3,(H,23,26).